The van der Waals surface area contributed by atoms with E-state index in [2.05, 4.69) is 15.3 Å². The van der Waals surface area contributed by atoms with Crippen LogP contribution in [0.4, 0.5) is 8.78 Å². The Labute approximate surface area is 143 Å². The van der Waals surface area contributed by atoms with Crippen LogP contribution in [0.25, 0.3) is 0 Å². The van der Waals surface area contributed by atoms with Crippen molar-refractivity contribution in [3.05, 3.63) is 53.6 Å². The molecule has 0 bridgehead atoms. The molecule has 8 heteroatoms. The van der Waals surface area contributed by atoms with Gasteiger partial charge in [-0.15, -0.1) is 0 Å². The van der Waals surface area contributed by atoms with Crippen molar-refractivity contribution in [1.82, 2.24) is 5.43 Å². The maximum atomic E-state index is 12.4. The first kappa shape index (κ1) is 18.2. The van der Waals surface area contributed by atoms with Crippen LogP contribution in [0.1, 0.15) is 15.9 Å². The molecule has 0 radical (unpaired) electrons. The van der Waals surface area contributed by atoms with Gasteiger partial charge in [0, 0.05) is 17.2 Å². The molecule has 0 spiro atoms. The number of ether oxygens (including phenoxy) is 3. The zero-order valence-corrected chi connectivity index (χ0v) is 13.5. The third-order valence-electron chi connectivity index (χ3n) is 3.12. The summed E-state index contributed by atoms with van der Waals surface area (Å²) in [7, 11) is 2.93. The van der Waals surface area contributed by atoms with E-state index < -0.39 is 12.5 Å². The second-order valence-corrected chi connectivity index (χ2v) is 4.72. The van der Waals surface area contributed by atoms with Gasteiger partial charge >= 0.3 is 6.61 Å². The molecule has 6 nitrogen and oxygen atoms in total. The molecule has 0 aliphatic carbocycles. The number of carbonyl (C=O) groups excluding carboxylic acids is 1. The summed E-state index contributed by atoms with van der Waals surface area (Å²) in [6.45, 7) is -2.95. The van der Waals surface area contributed by atoms with Gasteiger partial charge < -0.3 is 14.2 Å². The topological polar surface area (TPSA) is 69.2 Å². The van der Waals surface area contributed by atoms with Gasteiger partial charge in [0.1, 0.15) is 17.2 Å². The Balaban J connectivity index is 2.11. The molecule has 0 atom stereocenters. The molecule has 1 N–H and O–H groups in total. The number of rotatable bonds is 7. The van der Waals surface area contributed by atoms with E-state index in [0.717, 1.165) is 0 Å². The highest BCUT2D eigenvalue weighted by Crippen LogP contribution is 2.22. The van der Waals surface area contributed by atoms with Crippen molar-refractivity contribution < 1.29 is 27.8 Å². The lowest BCUT2D eigenvalue weighted by molar-refractivity contribution is -0.0499. The Kier molecular flexibility index (Phi) is 6.27. The minimum Gasteiger partial charge on any atom is -0.497 e. The smallest absolute Gasteiger partial charge is 0.387 e. The van der Waals surface area contributed by atoms with Gasteiger partial charge in [0.15, 0.2) is 0 Å². The van der Waals surface area contributed by atoms with Gasteiger partial charge in [-0.05, 0) is 24.3 Å². The summed E-state index contributed by atoms with van der Waals surface area (Å²) in [5.41, 5.74) is 2.87. The van der Waals surface area contributed by atoms with Crippen LogP contribution in [-0.4, -0.2) is 33.0 Å². The number of nitrogens with zero attached hydrogens (tertiary/aromatic N) is 1. The Morgan fingerprint density at radius 2 is 1.76 bits per heavy atom. The SMILES string of the molecule is COc1cc(OC)cc(C(=O)N/N=C\c2ccccc2OC(F)F)c1. The maximum absolute atomic E-state index is 12.4. The second-order valence-electron chi connectivity index (χ2n) is 4.72. The summed E-state index contributed by atoms with van der Waals surface area (Å²) < 4.78 is 39.3. The number of benzene rings is 2. The van der Waals surface area contributed by atoms with Crippen molar-refractivity contribution >= 4 is 12.1 Å². The Bertz CT molecular complexity index is 744. The van der Waals surface area contributed by atoms with Crippen LogP contribution < -0.4 is 19.6 Å². The number of hydrogen-bond donors (Lipinski definition) is 1. The van der Waals surface area contributed by atoms with E-state index in [1.807, 2.05) is 0 Å². The van der Waals surface area contributed by atoms with Crippen LogP contribution in [0, 0.1) is 0 Å². The Morgan fingerprint density at radius 1 is 1.12 bits per heavy atom. The van der Waals surface area contributed by atoms with E-state index in [9.17, 15) is 13.6 Å². The first-order chi connectivity index (χ1) is 12.0. The van der Waals surface area contributed by atoms with Gasteiger partial charge in [-0.1, -0.05) is 12.1 Å². The Hall–Kier alpha value is -3.16. The molecule has 25 heavy (non-hydrogen) atoms. The lowest BCUT2D eigenvalue weighted by Gasteiger charge is -2.08. The molecule has 0 unspecified atom stereocenters. The number of alkyl halides is 2. The first-order valence-electron chi connectivity index (χ1n) is 7.14. The standard InChI is InChI=1S/C17H16F2N2O4/c1-23-13-7-12(8-14(9-13)24-2)16(22)21-20-10-11-5-3-4-6-15(11)25-17(18)19/h3-10,17H,1-2H3,(H,21,22)/b20-10-. The van der Waals surface area contributed by atoms with Crippen LogP contribution in [-0.2, 0) is 0 Å². The van der Waals surface area contributed by atoms with Crippen LogP contribution >= 0.6 is 0 Å². The summed E-state index contributed by atoms with van der Waals surface area (Å²) in [4.78, 5) is 12.1. The maximum Gasteiger partial charge on any atom is 0.387 e. The fourth-order valence-electron chi connectivity index (χ4n) is 1.95. The zero-order valence-electron chi connectivity index (χ0n) is 13.5. The van der Waals surface area contributed by atoms with Crippen molar-refractivity contribution in [3.63, 3.8) is 0 Å². The van der Waals surface area contributed by atoms with Crippen molar-refractivity contribution in [1.29, 1.82) is 0 Å². The third kappa shape index (κ3) is 5.17. The molecule has 0 saturated heterocycles. The summed E-state index contributed by atoms with van der Waals surface area (Å²) in [6.07, 6.45) is 1.22. The highest BCUT2D eigenvalue weighted by Gasteiger charge is 2.10. The van der Waals surface area contributed by atoms with E-state index in [1.165, 1.54) is 44.7 Å². The van der Waals surface area contributed by atoms with Gasteiger partial charge in [0.25, 0.3) is 5.91 Å². The van der Waals surface area contributed by atoms with Crippen molar-refractivity contribution in [3.8, 4) is 17.2 Å². The molecule has 2 aromatic rings. The highest BCUT2D eigenvalue weighted by atomic mass is 19.3. The molecule has 0 aliphatic heterocycles. The van der Waals surface area contributed by atoms with Gasteiger partial charge in [0.05, 0.1) is 20.4 Å². The molecule has 0 aliphatic rings. The molecule has 0 saturated carbocycles. The summed E-state index contributed by atoms with van der Waals surface area (Å²) in [6, 6.07) is 10.7. The Morgan fingerprint density at radius 3 is 2.36 bits per heavy atom. The van der Waals surface area contributed by atoms with Gasteiger partial charge in [-0.2, -0.15) is 13.9 Å². The zero-order chi connectivity index (χ0) is 18.2. The van der Waals surface area contributed by atoms with E-state index in [1.54, 1.807) is 18.2 Å². The molecule has 2 rings (SSSR count). The molecule has 1 amide bonds. The average molecular weight is 350 g/mol. The normalized spacial score (nSPS) is 10.8. The fourth-order valence-corrected chi connectivity index (χ4v) is 1.95. The van der Waals surface area contributed by atoms with Crippen molar-refractivity contribution in [2.24, 2.45) is 5.10 Å². The number of halogens is 2. The van der Waals surface area contributed by atoms with Crippen molar-refractivity contribution in [2.45, 2.75) is 6.61 Å². The molecule has 0 heterocycles. The van der Waals surface area contributed by atoms with Crippen LogP contribution in [0.3, 0.4) is 0 Å². The van der Waals surface area contributed by atoms with Crippen molar-refractivity contribution in [2.75, 3.05) is 14.2 Å². The van der Waals surface area contributed by atoms with E-state index in [0.29, 0.717) is 17.1 Å². The lowest BCUT2D eigenvalue weighted by atomic mass is 10.2. The second kappa shape index (κ2) is 8.62. The molecule has 0 fully saturated rings. The number of hydrazone groups is 1. The van der Waals surface area contributed by atoms with Crippen LogP contribution in [0.15, 0.2) is 47.6 Å². The summed E-state index contributed by atoms with van der Waals surface area (Å²) in [5, 5.41) is 3.77. The predicted molar refractivity (Wildman–Crippen MR) is 87.7 cm³/mol. The van der Waals surface area contributed by atoms with E-state index in [-0.39, 0.29) is 11.3 Å². The number of para-hydroxylation sites is 1. The summed E-state index contributed by atoms with van der Waals surface area (Å²) in [5.74, 6) is 0.340. The van der Waals surface area contributed by atoms with Crippen LogP contribution in [0.5, 0.6) is 17.2 Å². The number of nitrogens with one attached hydrogen (secondary N) is 1. The monoisotopic (exact) mass is 350 g/mol. The quantitative estimate of drug-likeness (QED) is 0.615. The van der Waals surface area contributed by atoms with E-state index >= 15 is 0 Å². The first-order valence-corrected chi connectivity index (χ1v) is 7.14. The van der Waals surface area contributed by atoms with Gasteiger partial charge in [-0.3, -0.25) is 4.79 Å². The third-order valence-corrected chi connectivity index (χ3v) is 3.12. The minimum atomic E-state index is -2.95. The number of methoxy groups -OCH3 is 2. The number of carbonyl (C=O) groups is 1. The highest BCUT2D eigenvalue weighted by molar-refractivity contribution is 5.95. The van der Waals surface area contributed by atoms with Gasteiger partial charge in [0.2, 0.25) is 0 Å². The molecule has 2 aromatic carbocycles. The average Bonchev–Trinajstić information content (AvgIpc) is 2.62. The predicted octanol–water partition coefficient (Wildman–Crippen LogP) is 3.07. The molecule has 132 valence electrons. The largest absolute Gasteiger partial charge is 0.497 e. The minimum absolute atomic E-state index is 0.0430. The van der Waals surface area contributed by atoms with Crippen LogP contribution in [0.2, 0.25) is 0 Å². The fraction of sp³-hybridized carbons (Fsp3) is 0.176. The summed E-state index contributed by atoms with van der Waals surface area (Å²) >= 11 is 0. The van der Waals surface area contributed by atoms with Gasteiger partial charge in [-0.25, -0.2) is 5.43 Å². The molecular weight excluding hydrogens is 334 g/mol. The van der Waals surface area contributed by atoms with E-state index in [4.69, 9.17) is 9.47 Å². The molecular formula is C17H16F2N2O4. The number of hydrogen-bond acceptors (Lipinski definition) is 5. The number of amides is 1. The molecule has 0 aromatic heterocycles. The lowest BCUT2D eigenvalue weighted by Crippen LogP contribution is -2.18.